The summed E-state index contributed by atoms with van der Waals surface area (Å²) >= 11 is 1.33. The molecular weight excluding hydrogens is 585 g/mol. The first-order valence-corrected chi connectivity index (χ1v) is 15.6. The summed E-state index contributed by atoms with van der Waals surface area (Å²) in [6.45, 7) is 3.80. The predicted octanol–water partition coefficient (Wildman–Crippen LogP) is 3.28. The van der Waals surface area contributed by atoms with E-state index in [9.17, 15) is 14.0 Å². The average molecular weight is 622 g/mol. The summed E-state index contributed by atoms with van der Waals surface area (Å²) in [5.41, 5.74) is 19.7. The SMILES string of the molecule is Cc1nc(OC2CCC(CN)CC2)c(C(=O)N[C@@H]2CCCN(c3cc(-c4ccc(C(N)=O)c(F)c4)n4ncnc(N)c34)C2)s1. The number of piperidine rings is 1. The predicted molar refractivity (Wildman–Crippen MR) is 166 cm³/mol. The second-order valence-electron chi connectivity index (χ2n) is 11.5. The number of nitrogens with zero attached hydrogens (tertiary/aromatic N) is 5. The highest BCUT2D eigenvalue weighted by Gasteiger charge is 2.30. The number of thiazole rings is 1. The molecule has 0 radical (unpaired) electrons. The second kappa shape index (κ2) is 12.4. The Balaban J connectivity index is 1.21. The van der Waals surface area contributed by atoms with Gasteiger partial charge in [-0.1, -0.05) is 6.07 Å². The van der Waals surface area contributed by atoms with Gasteiger partial charge in [-0.3, -0.25) is 9.59 Å². The number of nitrogens with one attached hydrogen (secondary N) is 1. The van der Waals surface area contributed by atoms with Gasteiger partial charge >= 0.3 is 0 Å². The van der Waals surface area contributed by atoms with E-state index < -0.39 is 11.7 Å². The van der Waals surface area contributed by atoms with Gasteiger partial charge in [0.1, 0.15) is 23.8 Å². The molecule has 44 heavy (non-hydrogen) atoms. The first kappa shape index (κ1) is 29.8. The fourth-order valence-electron chi connectivity index (χ4n) is 6.21. The number of fused-ring (bicyclic) bond motifs is 1. The highest BCUT2D eigenvalue weighted by atomic mass is 32.1. The number of anilines is 2. The molecule has 1 aliphatic heterocycles. The summed E-state index contributed by atoms with van der Waals surface area (Å²) < 4.78 is 22.6. The van der Waals surface area contributed by atoms with Crippen LogP contribution in [0.25, 0.3) is 16.8 Å². The van der Waals surface area contributed by atoms with Crippen molar-refractivity contribution in [3.63, 3.8) is 0 Å². The zero-order valence-corrected chi connectivity index (χ0v) is 25.3. The Morgan fingerprint density at radius 1 is 1.18 bits per heavy atom. The number of aryl methyl sites for hydroxylation is 1. The molecule has 14 heteroatoms. The number of primary amides is 1. The smallest absolute Gasteiger partial charge is 0.267 e. The van der Waals surface area contributed by atoms with Gasteiger partial charge in [0.2, 0.25) is 5.88 Å². The van der Waals surface area contributed by atoms with Crippen LogP contribution in [0.1, 0.15) is 63.6 Å². The van der Waals surface area contributed by atoms with Crippen LogP contribution in [0.4, 0.5) is 15.9 Å². The van der Waals surface area contributed by atoms with Crippen LogP contribution in [0.15, 0.2) is 30.6 Å². The van der Waals surface area contributed by atoms with Crippen LogP contribution in [-0.2, 0) is 0 Å². The summed E-state index contributed by atoms with van der Waals surface area (Å²) in [7, 11) is 0. The Kier molecular flexibility index (Phi) is 8.36. The normalized spacial score (nSPS) is 20.5. The van der Waals surface area contributed by atoms with Crippen molar-refractivity contribution in [3.05, 3.63) is 51.9 Å². The molecule has 0 unspecified atom stereocenters. The maximum absolute atomic E-state index is 14.7. The average Bonchev–Trinajstić information content (AvgIpc) is 3.58. The molecule has 2 fully saturated rings. The van der Waals surface area contributed by atoms with Crippen LogP contribution < -0.4 is 32.2 Å². The van der Waals surface area contributed by atoms with Gasteiger partial charge in [-0.2, -0.15) is 5.10 Å². The standard InChI is InChI=1S/C30H36FN9O3S/c1-16-37-30(43-20-7-4-17(13-32)5-8-20)26(44-16)29(42)38-19-3-2-10-39(14-19)24-12-23(40-25(24)27(33)35-15-36-40)18-6-9-21(28(34)41)22(31)11-18/h6,9,11-12,15,17,19-20H,2-5,7-8,10,13-14,32H2,1H3,(H2,34,41)(H,38,42)(H2,33,35,36)/t17?,19-,20?/m1/s1. The maximum atomic E-state index is 14.7. The fourth-order valence-corrected chi connectivity index (χ4v) is 6.97. The number of ether oxygens (including phenoxy) is 1. The lowest BCUT2D eigenvalue weighted by atomic mass is 9.87. The Labute approximate surface area is 257 Å². The number of rotatable bonds is 8. The fraction of sp³-hybridized carbons (Fsp3) is 0.433. The van der Waals surface area contributed by atoms with Gasteiger partial charge in [0.25, 0.3) is 11.8 Å². The Bertz CT molecular complexity index is 1700. The summed E-state index contributed by atoms with van der Waals surface area (Å²) in [6, 6.07) is 5.95. The number of hydrogen-bond donors (Lipinski definition) is 4. The molecule has 2 amide bonds. The molecule has 1 aromatic carbocycles. The van der Waals surface area contributed by atoms with E-state index >= 15 is 0 Å². The van der Waals surface area contributed by atoms with E-state index in [2.05, 4.69) is 25.3 Å². The Morgan fingerprint density at radius 3 is 2.70 bits per heavy atom. The Hall–Kier alpha value is -4.30. The third-order valence-electron chi connectivity index (χ3n) is 8.50. The van der Waals surface area contributed by atoms with E-state index in [0.717, 1.165) is 49.2 Å². The minimum atomic E-state index is -0.843. The van der Waals surface area contributed by atoms with Gasteiger partial charge in [-0.25, -0.2) is 18.9 Å². The monoisotopic (exact) mass is 621 g/mol. The number of hydrogen-bond acceptors (Lipinski definition) is 10. The minimum Gasteiger partial charge on any atom is -0.473 e. The van der Waals surface area contributed by atoms with Crippen molar-refractivity contribution in [2.24, 2.45) is 17.4 Å². The number of halogens is 1. The molecule has 1 saturated carbocycles. The van der Waals surface area contributed by atoms with E-state index in [-0.39, 0.29) is 29.4 Å². The van der Waals surface area contributed by atoms with Gasteiger partial charge in [-0.05, 0) is 76.1 Å². The number of amides is 2. The number of carbonyl (C=O) groups is 2. The molecule has 1 aliphatic carbocycles. The number of aromatic nitrogens is 4. The summed E-state index contributed by atoms with van der Waals surface area (Å²) in [6.07, 6.45) is 6.82. The molecule has 4 aromatic rings. The number of nitrogen functional groups attached to an aromatic ring is 1. The Morgan fingerprint density at radius 2 is 1.98 bits per heavy atom. The molecule has 3 aromatic heterocycles. The third-order valence-corrected chi connectivity index (χ3v) is 9.46. The van der Waals surface area contributed by atoms with Crippen LogP contribution in [0.3, 0.4) is 0 Å². The lowest BCUT2D eigenvalue weighted by molar-refractivity contribution is 0.0918. The molecule has 2 aliphatic rings. The summed E-state index contributed by atoms with van der Waals surface area (Å²) in [5, 5.41) is 8.36. The van der Waals surface area contributed by atoms with E-state index in [1.807, 2.05) is 13.0 Å². The van der Waals surface area contributed by atoms with Crippen LogP contribution in [0, 0.1) is 18.7 Å². The summed E-state index contributed by atoms with van der Waals surface area (Å²) in [4.78, 5) is 36.4. The van der Waals surface area contributed by atoms with Crippen LogP contribution in [-0.4, -0.2) is 63.2 Å². The molecular formula is C30H36FN9O3S. The zero-order valence-electron chi connectivity index (χ0n) is 24.5. The van der Waals surface area contributed by atoms with E-state index in [4.69, 9.17) is 21.9 Å². The molecule has 232 valence electrons. The number of benzene rings is 1. The highest BCUT2D eigenvalue weighted by molar-refractivity contribution is 7.13. The minimum absolute atomic E-state index is 0.0292. The molecule has 1 atom stereocenters. The largest absolute Gasteiger partial charge is 0.473 e. The third kappa shape index (κ3) is 5.91. The van der Waals surface area contributed by atoms with Crippen LogP contribution in [0.2, 0.25) is 0 Å². The number of carbonyl (C=O) groups excluding carboxylic acids is 2. The van der Waals surface area contributed by atoms with Crippen molar-refractivity contribution in [3.8, 4) is 17.1 Å². The summed E-state index contributed by atoms with van der Waals surface area (Å²) in [5.74, 6) is -0.573. The van der Waals surface area contributed by atoms with Gasteiger partial charge < -0.3 is 32.2 Å². The molecule has 0 bridgehead atoms. The maximum Gasteiger partial charge on any atom is 0.267 e. The lowest BCUT2D eigenvalue weighted by Crippen LogP contribution is -2.47. The van der Waals surface area contributed by atoms with Gasteiger partial charge in [-0.15, -0.1) is 11.3 Å². The van der Waals surface area contributed by atoms with Crippen molar-refractivity contribution < 1.29 is 18.7 Å². The highest BCUT2D eigenvalue weighted by Crippen LogP contribution is 2.36. The van der Waals surface area contributed by atoms with E-state index in [1.54, 1.807) is 10.6 Å². The number of nitrogens with two attached hydrogens (primary N) is 3. The lowest BCUT2D eigenvalue weighted by Gasteiger charge is -2.34. The van der Waals surface area contributed by atoms with Gasteiger partial charge in [0.15, 0.2) is 10.7 Å². The van der Waals surface area contributed by atoms with E-state index in [0.29, 0.717) is 53.1 Å². The van der Waals surface area contributed by atoms with E-state index in [1.165, 1.54) is 29.8 Å². The molecule has 0 spiro atoms. The van der Waals surface area contributed by atoms with Crippen molar-refractivity contribution in [1.29, 1.82) is 0 Å². The molecule has 4 heterocycles. The van der Waals surface area contributed by atoms with Crippen LogP contribution >= 0.6 is 11.3 Å². The van der Waals surface area contributed by atoms with Crippen LogP contribution in [0.5, 0.6) is 5.88 Å². The van der Waals surface area contributed by atoms with Crippen molar-refractivity contribution in [1.82, 2.24) is 24.9 Å². The van der Waals surface area contributed by atoms with Crippen molar-refractivity contribution in [2.75, 3.05) is 30.3 Å². The van der Waals surface area contributed by atoms with Gasteiger partial charge in [0.05, 0.1) is 22.0 Å². The molecule has 12 nitrogen and oxygen atoms in total. The van der Waals surface area contributed by atoms with Crippen molar-refractivity contribution >= 4 is 40.2 Å². The molecule has 7 N–H and O–H groups in total. The topological polar surface area (TPSA) is 180 Å². The second-order valence-corrected chi connectivity index (χ2v) is 12.7. The first-order valence-electron chi connectivity index (χ1n) is 14.8. The first-order chi connectivity index (χ1) is 21.2. The molecule has 6 rings (SSSR count). The zero-order chi connectivity index (χ0) is 31.0. The van der Waals surface area contributed by atoms with Gasteiger partial charge in [0, 0.05) is 24.7 Å². The quantitative estimate of drug-likeness (QED) is 0.230. The van der Waals surface area contributed by atoms with Crippen molar-refractivity contribution in [2.45, 2.75) is 57.6 Å². The molecule has 1 saturated heterocycles.